The molecule has 0 unspecified atom stereocenters. The molecule has 3 nitrogen and oxygen atoms in total. The molecule has 0 radical (unpaired) electrons. The minimum absolute atomic E-state index is 0.345. The SMILES string of the molecule is C=CC(=N)/C(C=C)=C1/C=CC(c2ccc(-n3c4ccccc4c4cc5sc6ccccc6c5cc43)cc2)=CN1. The first-order chi connectivity index (χ1) is 19.2. The molecule has 4 heteroatoms. The number of aromatic nitrogens is 1. The van der Waals surface area contributed by atoms with Gasteiger partial charge in [0.2, 0.25) is 0 Å². The van der Waals surface area contributed by atoms with Crippen LogP contribution in [0.4, 0.5) is 0 Å². The smallest absolute Gasteiger partial charge is 0.0626 e. The normalized spacial score (nSPS) is 14.5. The number of nitrogens with one attached hydrogen (secondary N) is 2. The van der Waals surface area contributed by atoms with E-state index in [1.165, 1.54) is 48.1 Å². The molecule has 1 aliphatic rings. The lowest BCUT2D eigenvalue weighted by Gasteiger charge is -2.15. The third-order valence-electron chi connectivity index (χ3n) is 7.43. The zero-order valence-corrected chi connectivity index (χ0v) is 22.1. The highest BCUT2D eigenvalue weighted by Crippen LogP contribution is 2.40. The summed E-state index contributed by atoms with van der Waals surface area (Å²) in [5.74, 6) is 0. The maximum Gasteiger partial charge on any atom is 0.0626 e. The summed E-state index contributed by atoms with van der Waals surface area (Å²) in [6.45, 7) is 7.55. The average Bonchev–Trinajstić information content (AvgIpc) is 3.51. The van der Waals surface area contributed by atoms with Crippen LogP contribution in [0.5, 0.6) is 0 Å². The van der Waals surface area contributed by atoms with E-state index in [4.69, 9.17) is 5.41 Å². The second-order valence-corrected chi connectivity index (χ2v) is 10.7. The molecule has 0 saturated carbocycles. The van der Waals surface area contributed by atoms with Crippen molar-refractivity contribution in [3.63, 3.8) is 0 Å². The van der Waals surface area contributed by atoms with Gasteiger partial charge in [0.05, 0.1) is 16.7 Å². The Morgan fingerprint density at radius 1 is 0.744 bits per heavy atom. The highest BCUT2D eigenvalue weighted by molar-refractivity contribution is 7.25. The molecule has 3 heterocycles. The second kappa shape index (κ2) is 9.12. The van der Waals surface area contributed by atoms with Crippen molar-refractivity contribution in [2.24, 2.45) is 0 Å². The molecule has 0 bridgehead atoms. The highest BCUT2D eigenvalue weighted by atomic mass is 32.1. The van der Waals surface area contributed by atoms with Crippen LogP contribution in [0.1, 0.15) is 5.56 Å². The molecule has 7 rings (SSSR count). The van der Waals surface area contributed by atoms with Crippen LogP contribution in [-0.4, -0.2) is 10.3 Å². The Kier molecular flexibility index (Phi) is 5.43. The van der Waals surface area contributed by atoms with Crippen molar-refractivity contribution in [1.29, 1.82) is 5.41 Å². The molecule has 2 N–H and O–H groups in total. The summed E-state index contributed by atoms with van der Waals surface area (Å²) in [6.07, 6.45) is 9.24. The molecule has 0 fully saturated rings. The van der Waals surface area contributed by atoms with Crippen LogP contribution in [0.15, 0.2) is 140 Å². The Hall–Kier alpha value is -4.93. The number of nitrogens with zero attached hydrogens (tertiary/aromatic N) is 1. The molecule has 39 heavy (non-hydrogen) atoms. The van der Waals surface area contributed by atoms with Gasteiger partial charge in [-0.05, 0) is 59.7 Å². The van der Waals surface area contributed by atoms with Crippen molar-refractivity contribution in [1.82, 2.24) is 9.88 Å². The van der Waals surface area contributed by atoms with Crippen molar-refractivity contribution >= 4 is 64.6 Å². The lowest BCUT2D eigenvalue weighted by molar-refractivity contribution is 1.09. The van der Waals surface area contributed by atoms with Crippen molar-refractivity contribution in [2.45, 2.75) is 0 Å². The summed E-state index contributed by atoms with van der Waals surface area (Å²) in [7, 11) is 0. The Bertz CT molecular complexity index is 2080. The quantitative estimate of drug-likeness (QED) is 0.219. The second-order valence-electron chi connectivity index (χ2n) is 9.59. The molecule has 186 valence electrons. The molecule has 2 aromatic heterocycles. The highest BCUT2D eigenvalue weighted by Gasteiger charge is 2.16. The summed E-state index contributed by atoms with van der Waals surface area (Å²) in [5, 5.41) is 16.6. The Labute approximate surface area is 230 Å². The van der Waals surface area contributed by atoms with E-state index in [0.717, 1.165) is 28.1 Å². The molecule has 0 atom stereocenters. The van der Waals surface area contributed by atoms with Crippen molar-refractivity contribution < 1.29 is 0 Å². The maximum atomic E-state index is 8.08. The first-order valence-corrected chi connectivity index (χ1v) is 13.7. The summed E-state index contributed by atoms with van der Waals surface area (Å²) in [4.78, 5) is 0. The minimum atomic E-state index is 0.345. The zero-order valence-electron chi connectivity index (χ0n) is 21.2. The monoisotopic (exact) mass is 519 g/mol. The number of thiophene rings is 1. The summed E-state index contributed by atoms with van der Waals surface area (Å²) in [5.41, 5.74) is 7.66. The van der Waals surface area contributed by atoms with Gasteiger partial charge in [-0.2, -0.15) is 0 Å². The summed E-state index contributed by atoms with van der Waals surface area (Å²) < 4.78 is 5.02. The van der Waals surface area contributed by atoms with Crippen LogP contribution in [0, 0.1) is 5.41 Å². The Balaban J connectivity index is 1.33. The molecular weight excluding hydrogens is 494 g/mol. The summed E-state index contributed by atoms with van der Waals surface area (Å²) >= 11 is 1.86. The number of hydrogen-bond donors (Lipinski definition) is 2. The summed E-state index contributed by atoms with van der Waals surface area (Å²) in [6, 6.07) is 30.8. The number of rotatable bonds is 5. The third kappa shape index (κ3) is 3.69. The van der Waals surface area contributed by atoms with Gasteiger partial charge in [-0.25, -0.2) is 0 Å². The number of dihydropyridines is 1. The van der Waals surface area contributed by atoms with Crippen molar-refractivity contribution in [2.75, 3.05) is 0 Å². The fraction of sp³-hybridized carbons (Fsp3) is 0. The van der Waals surface area contributed by atoms with Gasteiger partial charge in [0.25, 0.3) is 0 Å². The standard InChI is InChI=1S/C35H25N3S/c1-3-25(30(36)4-2)31-18-15-23(21-37-31)22-13-16-24(17-14-22)38-32-11-7-5-9-26(32)28-20-35-29(19-33(28)38)27-10-6-8-12-34(27)39-35/h3-21,36-37H,1-2H2/b31-25-,36-30?. The molecule has 1 aliphatic heterocycles. The minimum Gasteiger partial charge on any atom is -0.361 e. The van der Waals surface area contributed by atoms with Gasteiger partial charge in [0, 0.05) is 54.1 Å². The Morgan fingerprint density at radius 3 is 2.26 bits per heavy atom. The molecule has 0 spiro atoms. The average molecular weight is 520 g/mol. The molecule has 0 amide bonds. The lowest BCUT2D eigenvalue weighted by Crippen LogP contribution is -2.13. The van der Waals surface area contributed by atoms with Gasteiger partial charge < -0.3 is 15.3 Å². The van der Waals surface area contributed by atoms with Gasteiger partial charge in [0.1, 0.15) is 0 Å². The van der Waals surface area contributed by atoms with Gasteiger partial charge in [0.15, 0.2) is 0 Å². The van der Waals surface area contributed by atoms with Crippen LogP contribution < -0.4 is 5.32 Å². The molecule has 4 aromatic carbocycles. The van der Waals surface area contributed by atoms with Gasteiger partial charge in [-0.3, -0.25) is 0 Å². The third-order valence-corrected chi connectivity index (χ3v) is 8.56. The van der Waals surface area contributed by atoms with Crippen molar-refractivity contribution in [3.8, 4) is 5.69 Å². The fourth-order valence-corrected chi connectivity index (χ4v) is 6.64. The van der Waals surface area contributed by atoms with E-state index >= 15 is 0 Å². The number of hydrogen-bond acceptors (Lipinski definition) is 3. The predicted molar refractivity (Wildman–Crippen MR) is 169 cm³/mol. The van der Waals surface area contributed by atoms with E-state index in [0.29, 0.717) is 5.71 Å². The first kappa shape index (κ1) is 23.2. The maximum absolute atomic E-state index is 8.08. The van der Waals surface area contributed by atoms with Gasteiger partial charge >= 0.3 is 0 Å². The predicted octanol–water partition coefficient (Wildman–Crippen LogP) is 9.30. The fourth-order valence-electron chi connectivity index (χ4n) is 5.51. The molecule has 6 aromatic rings. The number of benzene rings is 4. The van der Waals surface area contributed by atoms with E-state index in [2.05, 4.69) is 114 Å². The van der Waals surface area contributed by atoms with Gasteiger partial charge in [-0.15, -0.1) is 11.3 Å². The molecule has 0 aliphatic carbocycles. The van der Waals surface area contributed by atoms with Crippen LogP contribution in [-0.2, 0) is 0 Å². The van der Waals surface area contributed by atoms with E-state index in [-0.39, 0.29) is 0 Å². The zero-order chi connectivity index (χ0) is 26.5. The van der Waals surface area contributed by atoms with E-state index in [9.17, 15) is 0 Å². The van der Waals surface area contributed by atoms with E-state index in [1.807, 2.05) is 23.6 Å². The van der Waals surface area contributed by atoms with Crippen LogP contribution in [0.25, 0.3) is 53.2 Å². The van der Waals surface area contributed by atoms with E-state index in [1.54, 1.807) is 6.08 Å². The molecule has 0 saturated heterocycles. The van der Waals surface area contributed by atoms with E-state index < -0.39 is 0 Å². The topological polar surface area (TPSA) is 40.8 Å². The van der Waals surface area contributed by atoms with Crippen LogP contribution in [0.2, 0.25) is 0 Å². The molecular formula is C35H25N3S. The van der Waals surface area contributed by atoms with Gasteiger partial charge in [-0.1, -0.05) is 73.8 Å². The number of allylic oxidation sites excluding steroid dienone is 6. The number of fused-ring (bicyclic) bond motifs is 6. The largest absolute Gasteiger partial charge is 0.361 e. The Morgan fingerprint density at radius 2 is 1.51 bits per heavy atom. The lowest BCUT2D eigenvalue weighted by atomic mass is 10.0. The van der Waals surface area contributed by atoms with Crippen molar-refractivity contribution in [3.05, 3.63) is 145 Å². The van der Waals surface area contributed by atoms with Crippen LogP contribution >= 0.6 is 11.3 Å². The van der Waals surface area contributed by atoms with Crippen LogP contribution in [0.3, 0.4) is 0 Å². The number of para-hydroxylation sites is 1. The first-order valence-electron chi connectivity index (χ1n) is 12.8.